The maximum atomic E-state index is 2.62. The number of piperidine rings is 1. The van der Waals surface area contributed by atoms with Crippen LogP contribution < -0.4 is 0 Å². The summed E-state index contributed by atoms with van der Waals surface area (Å²) in [6, 6.07) is 22.3. The normalized spacial score (nSPS) is 22.0. The van der Waals surface area contributed by atoms with Crippen LogP contribution in [0.5, 0.6) is 0 Å². The molecule has 2 atom stereocenters. The molecule has 22 heavy (non-hydrogen) atoms. The van der Waals surface area contributed by atoms with Crippen LogP contribution in [0.25, 0.3) is 0 Å². The molecule has 1 fully saturated rings. The van der Waals surface area contributed by atoms with E-state index < -0.39 is 0 Å². The zero-order valence-electron chi connectivity index (χ0n) is 13.0. The predicted octanol–water partition coefficient (Wildman–Crippen LogP) is 5.25. The van der Waals surface area contributed by atoms with Gasteiger partial charge < -0.3 is 0 Å². The Bertz CT molecular complexity index is 546. The van der Waals surface area contributed by atoms with E-state index in [-0.39, 0.29) is 12.4 Å². The van der Waals surface area contributed by atoms with Crippen LogP contribution in [-0.4, -0.2) is 22.7 Å². The van der Waals surface area contributed by atoms with E-state index in [2.05, 4.69) is 72.5 Å². The Labute approximate surface area is 144 Å². The lowest BCUT2D eigenvalue weighted by molar-refractivity contribution is 0.156. The third-order valence-electron chi connectivity index (χ3n) is 4.24. The molecule has 1 aliphatic heterocycles. The van der Waals surface area contributed by atoms with Crippen LogP contribution in [0.3, 0.4) is 0 Å². The number of hydrogen-bond acceptors (Lipinski definition) is 2. The monoisotopic (exact) mass is 333 g/mol. The van der Waals surface area contributed by atoms with Gasteiger partial charge in [0.25, 0.3) is 0 Å². The number of likely N-dealkylation sites (tertiary alicyclic amines) is 1. The first kappa shape index (κ1) is 17.4. The van der Waals surface area contributed by atoms with Crippen molar-refractivity contribution < 1.29 is 0 Å². The zero-order chi connectivity index (χ0) is 14.5. The van der Waals surface area contributed by atoms with Crippen molar-refractivity contribution in [1.29, 1.82) is 0 Å². The molecule has 1 aliphatic rings. The third-order valence-corrected chi connectivity index (χ3v) is 5.55. The Morgan fingerprint density at radius 1 is 1.00 bits per heavy atom. The van der Waals surface area contributed by atoms with E-state index in [1.165, 1.54) is 29.8 Å². The molecule has 0 aliphatic carbocycles. The van der Waals surface area contributed by atoms with E-state index in [0.717, 1.165) is 11.8 Å². The maximum absolute atomic E-state index is 2.62. The van der Waals surface area contributed by atoms with Crippen LogP contribution >= 0.6 is 24.2 Å². The summed E-state index contributed by atoms with van der Waals surface area (Å²) in [5, 5.41) is 0.759. The molecular weight excluding hydrogens is 310 g/mol. The minimum absolute atomic E-state index is 0. The topological polar surface area (TPSA) is 3.24 Å². The summed E-state index contributed by atoms with van der Waals surface area (Å²) in [6.45, 7) is 4.67. The molecule has 0 radical (unpaired) electrons. The van der Waals surface area contributed by atoms with Crippen molar-refractivity contribution in [3.63, 3.8) is 0 Å². The molecule has 1 nitrogen and oxygen atoms in total. The minimum atomic E-state index is 0. The van der Waals surface area contributed by atoms with Gasteiger partial charge in [0.2, 0.25) is 0 Å². The Kier molecular flexibility index (Phi) is 6.81. The van der Waals surface area contributed by atoms with E-state index >= 15 is 0 Å². The van der Waals surface area contributed by atoms with Crippen molar-refractivity contribution >= 4 is 24.2 Å². The van der Waals surface area contributed by atoms with Crippen molar-refractivity contribution in [3.8, 4) is 0 Å². The number of rotatable bonds is 4. The summed E-state index contributed by atoms with van der Waals surface area (Å²) in [5.41, 5.74) is 1.43. The number of thioether (sulfide) groups is 1. The molecule has 2 aromatic rings. The van der Waals surface area contributed by atoms with Crippen LogP contribution in [-0.2, 0) is 6.54 Å². The molecule has 1 heterocycles. The van der Waals surface area contributed by atoms with E-state index in [1.807, 2.05) is 11.8 Å². The van der Waals surface area contributed by atoms with Gasteiger partial charge in [-0.3, -0.25) is 4.90 Å². The molecule has 2 unspecified atom stereocenters. The standard InChI is InChI=1S/C19H23NS.ClH/c1-16-14-19(21-18-10-6-3-7-11-18)12-13-20(16)15-17-8-4-2-5-9-17;/h2-11,16,19H,12-15H2,1H3;1H. The lowest BCUT2D eigenvalue weighted by Crippen LogP contribution is -2.41. The molecule has 1 saturated heterocycles. The molecular formula is C19H24ClNS. The highest BCUT2D eigenvalue weighted by Gasteiger charge is 2.25. The van der Waals surface area contributed by atoms with Gasteiger partial charge in [0.05, 0.1) is 0 Å². The summed E-state index contributed by atoms with van der Waals surface area (Å²) >= 11 is 2.05. The molecule has 3 heteroatoms. The number of hydrogen-bond donors (Lipinski definition) is 0. The Hall–Kier alpha value is -0.960. The molecule has 3 rings (SSSR count). The summed E-state index contributed by atoms with van der Waals surface area (Å²) < 4.78 is 0. The molecule has 2 aromatic carbocycles. The van der Waals surface area contributed by atoms with Crippen LogP contribution in [0.4, 0.5) is 0 Å². The van der Waals surface area contributed by atoms with Gasteiger partial charge in [0.1, 0.15) is 0 Å². The molecule has 0 N–H and O–H groups in total. The fraction of sp³-hybridized carbons (Fsp3) is 0.368. The maximum Gasteiger partial charge on any atom is 0.0236 e. The van der Waals surface area contributed by atoms with Crippen LogP contribution in [0.15, 0.2) is 65.6 Å². The van der Waals surface area contributed by atoms with Gasteiger partial charge in [0.15, 0.2) is 0 Å². The van der Waals surface area contributed by atoms with Crippen molar-refractivity contribution in [2.24, 2.45) is 0 Å². The van der Waals surface area contributed by atoms with Gasteiger partial charge in [-0.1, -0.05) is 48.5 Å². The fourth-order valence-electron chi connectivity index (χ4n) is 3.03. The quantitative estimate of drug-likeness (QED) is 0.751. The summed E-state index contributed by atoms with van der Waals surface area (Å²) in [5.74, 6) is 0. The highest BCUT2D eigenvalue weighted by atomic mass is 35.5. The van der Waals surface area contributed by atoms with Crippen molar-refractivity contribution in [2.45, 2.75) is 42.5 Å². The summed E-state index contributed by atoms with van der Waals surface area (Å²) in [7, 11) is 0. The van der Waals surface area contributed by atoms with Gasteiger partial charge in [-0.05, 0) is 44.0 Å². The van der Waals surface area contributed by atoms with Gasteiger partial charge >= 0.3 is 0 Å². The smallest absolute Gasteiger partial charge is 0.0236 e. The highest BCUT2D eigenvalue weighted by Crippen LogP contribution is 2.33. The first-order valence-electron chi connectivity index (χ1n) is 7.81. The average molecular weight is 334 g/mol. The highest BCUT2D eigenvalue weighted by molar-refractivity contribution is 8.00. The average Bonchev–Trinajstić information content (AvgIpc) is 2.52. The number of benzene rings is 2. The number of nitrogens with zero attached hydrogens (tertiary/aromatic N) is 1. The second-order valence-electron chi connectivity index (χ2n) is 5.88. The SMILES string of the molecule is CC1CC(Sc2ccccc2)CCN1Cc1ccccc1.Cl. The van der Waals surface area contributed by atoms with Gasteiger partial charge in [-0.2, -0.15) is 0 Å². The largest absolute Gasteiger partial charge is 0.296 e. The van der Waals surface area contributed by atoms with Crippen molar-refractivity contribution in [2.75, 3.05) is 6.54 Å². The number of halogens is 1. The van der Waals surface area contributed by atoms with Crippen LogP contribution in [0.1, 0.15) is 25.3 Å². The van der Waals surface area contributed by atoms with Gasteiger partial charge in [0, 0.05) is 22.7 Å². The van der Waals surface area contributed by atoms with Gasteiger partial charge in [-0.15, -0.1) is 24.2 Å². The van der Waals surface area contributed by atoms with Crippen molar-refractivity contribution in [3.05, 3.63) is 66.2 Å². The van der Waals surface area contributed by atoms with Crippen LogP contribution in [0.2, 0.25) is 0 Å². The first-order valence-corrected chi connectivity index (χ1v) is 8.69. The Morgan fingerprint density at radius 2 is 1.64 bits per heavy atom. The van der Waals surface area contributed by atoms with E-state index in [9.17, 15) is 0 Å². The van der Waals surface area contributed by atoms with E-state index in [0.29, 0.717) is 6.04 Å². The summed E-state index contributed by atoms with van der Waals surface area (Å²) in [6.07, 6.45) is 2.57. The van der Waals surface area contributed by atoms with Crippen LogP contribution in [0, 0.1) is 0 Å². The third kappa shape index (κ3) is 4.77. The van der Waals surface area contributed by atoms with Gasteiger partial charge in [-0.25, -0.2) is 0 Å². The lowest BCUT2D eigenvalue weighted by Gasteiger charge is -2.37. The zero-order valence-corrected chi connectivity index (χ0v) is 14.7. The van der Waals surface area contributed by atoms with E-state index in [4.69, 9.17) is 0 Å². The Morgan fingerprint density at radius 3 is 2.27 bits per heavy atom. The second-order valence-corrected chi connectivity index (χ2v) is 7.26. The first-order chi connectivity index (χ1) is 10.3. The fourth-order valence-corrected chi connectivity index (χ4v) is 4.33. The van der Waals surface area contributed by atoms with E-state index in [1.54, 1.807) is 0 Å². The molecule has 0 amide bonds. The molecule has 0 spiro atoms. The summed E-state index contributed by atoms with van der Waals surface area (Å²) in [4.78, 5) is 4.03. The Balaban J connectivity index is 0.00000176. The minimum Gasteiger partial charge on any atom is -0.296 e. The molecule has 118 valence electrons. The molecule has 0 aromatic heterocycles. The predicted molar refractivity (Wildman–Crippen MR) is 98.9 cm³/mol. The van der Waals surface area contributed by atoms with Crippen molar-refractivity contribution in [1.82, 2.24) is 4.90 Å². The molecule has 0 saturated carbocycles. The second kappa shape index (κ2) is 8.61. The molecule has 0 bridgehead atoms. The lowest BCUT2D eigenvalue weighted by atomic mass is 10.0.